The van der Waals surface area contributed by atoms with Gasteiger partial charge in [-0.05, 0) is 54.8 Å². The summed E-state index contributed by atoms with van der Waals surface area (Å²) < 4.78 is 5.64. The molecule has 215 valence electrons. The minimum absolute atomic E-state index is 0. The topological polar surface area (TPSA) is 51.8 Å². The van der Waals surface area contributed by atoms with Gasteiger partial charge in [0.05, 0.1) is 5.58 Å². The Balaban J connectivity index is 0.000000188. The second kappa shape index (κ2) is 12.8. The predicted octanol–water partition coefficient (Wildman–Crippen LogP) is 9.60. The van der Waals surface area contributed by atoms with E-state index in [2.05, 4.69) is 91.2 Å². The Labute approximate surface area is 266 Å². The number of pyridine rings is 3. The number of nitrogens with zero attached hydrogens (tertiary/aromatic N) is 3. The molecule has 0 unspecified atom stereocenters. The second-order valence-electron chi connectivity index (χ2n) is 10.7. The van der Waals surface area contributed by atoms with Gasteiger partial charge in [0.2, 0.25) is 0 Å². The minimum atomic E-state index is 0. The normalized spacial score (nSPS) is 10.7. The number of aromatic nitrogens is 3. The molecule has 0 atom stereocenters. The molecule has 5 heteroatoms. The zero-order valence-corrected chi connectivity index (χ0v) is 27.2. The van der Waals surface area contributed by atoms with E-state index in [1.165, 1.54) is 27.8 Å². The fourth-order valence-electron chi connectivity index (χ4n) is 4.90. The maximum atomic E-state index is 5.64. The number of aryl methyl sites for hydroxylation is 5. The first kappa shape index (κ1) is 30.0. The average Bonchev–Trinajstić information content (AvgIpc) is 3.49. The van der Waals surface area contributed by atoms with Crippen LogP contribution in [0.1, 0.15) is 27.8 Å². The van der Waals surface area contributed by atoms with Crippen molar-refractivity contribution in [3.8, 4) is 33.6 Å². The van der Waals surface area contributed by atoms with E-state index >= 15 is 0 Å². The monoisotopic (exact) mass is 738 g/mol. The third kappa shape index (κ3) is 6.34. The first-order chi connectivity index (χ1) is 20.4. The quantitative estimate of drug-likeness (QED) is 0.170. The fourth-order valence-corrected chi connectivity index (χ4v) is 4.90. The number of hydrogen-bond donors (Lipinski definition) is 0. The summed E-state index contributed by atoms with van der Waals surface area (Å²) in [7, 11) is 0. The number of rotatable bonds is 3. The van der Waals surface area contributed by atoms with Gasteiger partial charge in [-0.1, -0.05) is 90.3 Å². The first-order valence-electron chi connectivity index (χ1n) is 14.0. The summed E-state index contributed by atoms with van der Waals surface area (Å²) >= 11 is 0. The molecule has 0 spiro atoms. The van der Waals surface area contributed by atoms with E-state index in [-0.39, 0.29) is 20.1 Å². The van der Waals surface area contributed by atoms with Crippen LogP contribution >= 0.6 is 0 Å². The molecule has 0 aliphatic heterocycles. The van der Waals surface area contributed by atoms with E-state index in [9.17, 15) is 0 Å². The van der Waals surface area contributed by atoms with E-state index in [1.807, 2.05) is 61.9 Å². The van der Waals surface area contributed by atoms with Crippen molar-refractivity contribution in [2.24, 2.45) is 0 Å². The van der Waals surface area contributed by atoms with Crippen LogP contribution in [0.5, 0.6) is 0 Å². The van der Waals surface area contributed by atoms with Crippen LogP contribution in [0.4, 0.5) is 0 Å². The van der Waals surface area contributed by atoms with Gasteiger partial charge in [0.1, 0.15) is 0 Å². The van der Waals surface area contributed by atoms with E-state index in [0.29, 0.717) is 0 Å². The Morgan fingerprint density at radius 1 is 0.674 bits per heavy atom. The van der Waals surface area contributed by atoms with Crippen molar-refractivity contribution in [2.45, 2.75) is 34.6 Å². The summed E-state index contributed by atoms with van der Waals surface area (Å²) in [6.07, 6.45) is 7.31. The first-order valence-corrected chi connectivity index (χ1v) is 14.0. The molecule has 0 N–H and O–H groups in total. The molecule has 0 amide bonds. The van der Waals surface area contributed by atoms with Gasteiger partial charge in [0.15, 0.2) is 0 Å². The molecule has 7 rings (SSSR count). The van der Waals surface area contributed by atoms with E-state index in [0.717, 1.165) is 55.5 Å². The zero-order valence-electron chi connectivity index (χ0n) is 24.8. The number of hydrogen-bond acceptors (Lipinski definition) is 4. The van der Waals surface area contributed by atoms with Crippen LogP contribution in [-0.2, 0) is 20.1 Å². The fraction of sp³-hybridized carbons (Fsp3) is 0.132. The molecule has 1 radical (unpaired) electrons. The maximum absolute atomic E-state index is 5.64. The molecule has 0 aliphatic rings. The summed E-state index contributed by atoms with van der Waals surface area (Å²) in [5.74, 6) is 0. The van der Waals surface area contributed by atoms with E-state index in [1.54, 1.807) is 6.26 Å². The Kier molecular flexibility index (Phi) is 8.96. The van der Waals surface area contributed by atoms with Crippen LogP contribution < -0.4 is 0 Å². The maximum Gasteiger partial charge on any atom is 0.0847 e. The summed E-state index contributed by atoms with van der Waals surface area (Å²) in [4.78, 5) is 13.7. The van der Waals surface area contributed by atoms with E-state index < -0.39 is 0 Å². The van der Waals surface area contributed by atoms with Gasteiger partial charge < -0.3 is 9.40 Å². The van der Waals surface area contributed by atoms with Crippen molar-refractivity contribution in [3.05, 3.63) is 138 Å². The van der Waals surface area contributed by atoms with Gasteiger partial charge in [-0.2, -0.15) is 0 Å². The number of fused-ring (bicyclic) bond motifs is 3. The van der Waals surface area contributed by atoms with Crippen molar-refractivity contribution in [1.82, 2.24) is 15.0 Å². The van der Waals surface area contributed by atoms with Crippen molar-refractivity contribution < 1.29 is 24.5 Å². The summed E-state index contributed by atoms with van der Waals surface area (Å²) in [5.41, 5.74) is 14.0. The van der Waals surface area contributed by atoms with Crippen LogP contribution in [0.2, 0.25) is 0 Å². The minimum Gasteiger partial charge on any atom is -0.506 e. The van der Waals surface area contributed by atoms with Gasteiger partial charge in [-0.15, -0.1) is 41.0 Å². The van der Waals surface area contributed by atoms with Crippen LogP contribution in [0.3, 0.4) is 0 Å². The van der Waals surface area contributed by atoms with Crippen molar-refractivity contribution >= 4 is 21.9 Å². The molecule has 0 bridgehead atoms. The molecule has 43 heavy (non-hydrogen) atoms. The summed E-state index contributed by atoms with van der Waals surface area (Å²) in [5, 5.41) is 1.92. The molecule has 0 saturated carbocycles. The van der Waals surface area contributed by atoms with Gasteiger partial charge >= 0.3 is 0 Å². The van der Waals surface area contributed by atoms with Gasteiger partial charge in [-0.25, -0.2) is 0 Å². The smallest absolute Gasteiger partial charge is 0.0847 e. The SMILES string of the molecule is Cc1c[c-]c(-c2cc(C)c(C)cn2)cc1C.Cc1cnc2c(c1)c(-c1cc(-c3ccccc3)ccn1)[c-]c1ccoc12.[Ir]. The Morgan fingerprint density at radius 3 is 2.23 bits per heavy atom. The summed E-state index contributed by atoms with van der Waals surface area (Å²) in [6.45, 7) is 10.4. The third-order valence-corrected chi connectivity index (χ3v) is 7.63. The van der Waals surface area contributed by atoms with Crippen LogP contribution in [-0.4, -0.2) is 15.0 Å². The largest absolute Gasteiger partial charge is 0.506 e. The molecule has 0 saturated heterocycles. The summed E-state index contributed by atoms with van der Waals surface area (Å²) in [6, 6.07) is 31.5. The molecule has 0 fully saturated rings. The predicted molar refractivity (Wildman–Crippen MR) is 171 cm³/mol. The molecule has 0 aliphatic carbocycles. The molecule has 4 aromatic heterocycles. The molecular weight excluding hydrogens is 707 g/mol. The van der Waals surface area contributed by atoms with Crippen molar-refractivity contribution in [3.63, 3.8) is 0 Å². The van der Waals surface area contributed by atoms with Crippen LogP contribution in [0.25, 0.3) is 55.5 Å². The van der Waals surface area contributed by atoms with Crippen LogP contribution in [0.15, 0.2) is 102 Å². The molecule has 7 aromatic rings. The molecular formula is C38H31IrN3O-2. The third-order valence-electron chi connectivity index (χ3n) is 7.63. The Hall–Kier alpha value is -4.44. The second-order valence-corrected chi connectivity index (χ2v) is 10.7. The van der Waals surface area contributed by atoms with Gasteiger partial charge in [0.25, 0.3) is 0 Å². The van der Waals surface area contributed by atoms with Crippen molar-refractivity contribution in [1.29, 1.82) is 0 Å². The van der Waals surface area contributed by atoms with Gasteiger partial charge in [-0.3, -0.25) is 9.97 Å². The molecule has 4 nitrogen and oxygen atoms in total. The number of benzene rings is 3. The number of furan rings is 1. The zero-order chi connectivity index (χ0) is 29.2. The van der Waals surface area contributed by atoms with Gasteiger partial charge in [0, 0.05) is 56.2 Å². The van der Waals surface area contributed by atoms with Crippen molar-refractivity contribution in [2.75, 3.05) is 0 Å². The average molecular weight is 738 g/mol. The van der Waals surface area contributed by atoms with Crippen LogP contribution in [0, 0.1) is 46.8 Å². The Morgan fingerprint density at radius 2 is 1.47 bits per heavy atom. The Bertz CT molecular complexity index is 2000. The molecule has 4 heterocycles. The standard InChI is InChI=1S/C23H15N2O.C15H16N.Ir/c1-15-11-20-19(12-18-8-10-26-23(18)22(20)25-14-15)21-13-17(7-9-24-21)16-5-3-2-4-6-16;1-10-5-6-14(7-11(10)2)15-8-12(3)13(4)9-16-15;/h2-11,13-14H,1H3;5,7-9H,1-4H3;/q2*-1;. The van der Waals surface area contributed by atoms with E-state index in [4.69, 9.17) is 4.42 Å². The molecule has 3 aromatic carbocycles.